The molecular weight excluding hydrogens is 326 g/mol. The normalized spacial score (nSPS) is 14.7. The maximum atomic E-state index is 11.6. The summed E-state index contributed by atoms with van der Waals surface area (Å²) >= 11 is 1.66. The van der Waals surface area contributed by atoms with E-state index in [4.69, 9.17) is 5.14 Å². The summed E-state index contributed by atoms with van der Waals surface area (Å²) in [7, 11) is -4.16. The summed E-state index contributed by atoms with van der Waals surface area (Å²) in [5.74, 6) is 0. The van der Waals surface area contributed by atoms with Crippen molar-refractivity contribution in [3.8, 4) is 0 Å². The lowest BCUT2D eigenvalue weighted by Crippen LogP contribution is -2.30. The molecule has 0 bridgehead atoms. The monoisotopic (exact) mass is 339 g/mol. The average molecular weight is 339 g/mol. The summed E-state index contributed by atoms with van der Waals surface area (Å²) in [5.41, 5.74) is 0.948. The van der Waals surface area contributed by atoms with Crippen molar-refractivity contribution in [2.75, 3.05) is 11.4 Å². The number of fused-ring (bicyclic) bond motifs is 1. The number of anilines is 1. The maximum absolute atomic E-state index is 11.6. The van der Waals surface area contributed by atoms with Gasteiger partial charge in [0.2, 0.25) is 10.0 Å². The average Bonchev–Trinajstić information content (AvgIpc) is 2.92. The van der Waals surface area contributed by atoms with Crippen molar-refractivity contribution in [2.24, 2.45) is 5.14 Å². The topological polar surface area (TPSA) is 107 Å². The van der Waals surface area contributed by atoms with Crippen LogP contribution in [0.2, 0.25) is 0 Å². The van der Waals surface area contributed by atoms with Crippen molar-refractivity contribution in [1.82, 2.24) is 0 Å². The Morgan fingerprint density at radius 3 is 2.77 bits per heavy atom. The molecule has 0 saturated heterocycles. The van der Waals surface area contributed by atoms with Crippen LogP contribution in [0.3, 0.4) is 0 Å². The summed E-state index contributed by atoms with van der Waals surface area (Å²) in [6.45, 7) is 1.12. The molecule has 0 aliphatic carbocycles. The number of nitrogens with zero attached hydrogens (tertiary/aromatic N) is 2. The lowest BCUT2D eigenvalue weighted by Gasteiger charge is -2.28. The van der Waals surface area contributed by atoms with Crippen LogP contribution in [0.1, 0.15) is 10.4 Å². The minimum Gasteiger partial charge on any atom is -0.361 e. The van der Waals surface area contributed by atoms with Gasteiger partial charge in [-0.2, -0.15) is 0 Å². The molecule has 0 radical (unpaired) electrons. The molecule has 9 heteroatoms. The highest BCUT2D eigenvalue weighted by Crippen LogP contribution is 2.37. The van der Waals surface area contributed by atoms with E-state index in [9.17, 15) is 18.5 Å². The van der Waals surface area contributed by atoms with E-state index < -0.39 is 25.5 Å². The van der Waals surface area contributed by atoms with Crippen LogP contribution in [-0.2, 0) is 23.0 Å². The first-order valence-corrected chi connectivity index (χ1v) is 8.91. The summed E-state index contributed by atoms with van der Waals surface area (Å²) in [6, 6.07) is 6.19. The molecule has 116 valence electrons. The lowest BCUT2D eigenvalue weighted by molar-refractivity contribution is -0.387. The number of hydrogen-bond acceptors (Lipinski definition) is 6. The first kappa shape index (κ1) is 14.9. The Morgan fingerprint density at radius 2 is 2.09 bits per heavy atom. The molecule has 0 atom stereocenters. The van der Waals surface area contributed by atoms with Crippen LogP contribution in [0, 0.1) is 10.1 Å². The smallest absolute Gasteiger partial charge is 0.312 e. The van der Waals surface area contributed by atoms with E-state index in [1.165, 1.54) is 10.9 Å². The predicted molar refractivity (Wildman–Crippen MR) is 83.5 cm³/mol. The highest BCUT2D eigenvalue weighted by molar-refractivity contribution is 7.89. The first-order chi connectivity index (χ1) is 10.4. The molecule has 0 saturated carbocycles. The van der Waals surface area contributed by atoms with Crippen LogP contribution in [0.25, 0.3) is 0 Å². The molecule has 1 aromatic heterocycles. The summed E-state index contributed by atoms with van der Waals surface area (Å²) < 4.78 is 23.2. The molecule has 7 nitrogen and oxygen atoms in total. The van der Waals surface area contributed by atoms with Gasteiger partial charge in [0.1, 0.15) is 5.69 Å². The van der Waals surface area contributed by atoms with Crippen LogP contribution in [0.15, 0.2) is 34.5 Å². The van der Waals surface area contributed by atoms with E-state index in [1.54, 1.807) is 17.4 Å². The lowest BCUT2D eigenvalue weighted by atomic mass is 10.1. The number of sulfonamides is 1. The third-order valence-corrected chi connectivity index (χ3v) is 5.58. The van der Waals surface area contributed by atoms with E-state index >= 15 is 0 Å². The van der Waals surface area contributed by atoms with Gasteiger partial charge in [-0.25, -0.2) is 13.6 Å². The molecule has 1 aliphatic heterocycles. The quantitative estimate of drug-likeness (QED) is 0.678. The molecule has 0 spiro atoms. The number of rotatable bonds is 3. The Kier molecular flexibility index (Phi) is 3.63. The zero-order valence-corrected chi connectivity index (χ0v) is 13.1. The minimum absolute atomic E-state index is 0.286. The summed E-state index contributed by atoms with van der Waals surface area (Å²) in [4.78, 5) is 13.3. The predicted octanol–water partition coefficient (Wildman–Crippen LogP) is 1.87. The summed E-state index contributed by atoms with van der Waals surface area (Å²) in [5, 5.41) is 18.5. The molecule has 2 N–H and O–H groups in total. The molecular formula is C13H13N3O4S2. The largest absolute Gasteiger partial charge is 0.361 e. The van der Waals surface area contributed by atoms with E-state index in [0.717, 1.165) is 18.1 Å². The van der Waals surface area contributed by atoms with Gasteiger partial charge in [-0.3, -0.25) is 10.1 Å². The van der Waals surface area contributed by atoms with Crippen molar-refractivity contribution in [2.45, 2.75) is 17.9 Å². The third-order valence-electron chi connectivity index (χ3n) is 3.62. The molecule has 0 fully saturated rings. The van der Waals surface area contributed by atoms with Gasteiger partial charge in [-0.15, -0.1) is 11.3 Å². The molecule has 2 heterocycles. The Labute approximate surface area is 131 Å². The SMILES string of the molecule is NS(=O)(=O)c1cccc(N2CCc3sccc3C2)c1[N+](=O)[O-]. The van der Waals surface area contributed by atoms with Gasteiger partial charge in [0.25, 0.3) is 0 Å². The number of nitro groups is 1. The fourth-order valence-corrected chi connectivity index (χ4v) is 4.24. The zero-order valence-electron chi connectivity index (χ0n) is 11.4. The number of para-hydroxylation sites is 1. The first-order valence-electron chi connectivity index (χ1n) is 6.48. The van der Waals surface area contributed by atoms with Crippen LogP contribution in [0.5, 0.6) is 0 Å². The molecule has 0 unspecified atom stereocenters. The van der Waals surface area contributed by atoms with E-state index in [-0.39, 0.29) is 5.69 Å². The van der Waals surface area contributed by atoms with Gasteiger partial charge >= 0.3 is 5.69 Å². The fourth-order valence-electron chi connectivity index (χ4n) is 2.63. The van der Waals surface area contributed by atoms with E-state index in [0.29, 0.717) is 13.1 Å². The Balaban J connectivity index is 2.10. The fraction of sp³-hybridized carbons (Fsp3) is 0.231. The Morgan fingerprint density at radius 1 is 1.32 bits per heavy atom. The van der Waals surface area contributed by atoms with Crippen LogP contribution >= 0.6 is 11.3 Å². The number of benzene rings is 1. The minimum atomic E-state index is -4.16. The maximum Gasteiger partial charge on any atom is 0.312 e. The second-order valence-corrected chi connectivity index (χ2v) is 7.50. The number of hydrogen-bond donors (Lipinski definition) is 1. The second kappa shape index (κ2) is 5.34. The van der Waals surface area contributed by atoms with Gasteiger partial charge in [0.15, 0.2) is 4.90 Å². The number of primary sulfonamides is 1. The molecule has 1 aromatic carbocycles. The molecule has 1 aliphatic rings. The van der Waals surface area contributed by atoms with Gasteiger partial charge in [-0.05, 0) is 35.6 Å². The molecule has 22 heavy (non-hydrogen) atoms. The zero-order chi connectivity index (χ0) is 15.9. The van der Waals surface area contributed by atoms with Crippen LogP contribution < -0.4 is 10.0 Å². The van der Waals surface area contributed by atoms with Gasteiger partial charge in [0, 0.05) is 18.0 Å². The number of nitrogens with two attached hydrogens (primary N) is 1. The van der Waals surface area contributed by atoms with Crippen molar-refractivity contribution in [3.05, 3.63) is 50.2 Å². The van der Waals surface area contributed by atoms with Gasteiger partial charge < -0.3 is 4.90 Å². The highest BCUT2D eigenvalue weighted by Gasteiger charge is 2.30. The highest BCUT2D eigenvalue weighted by atomic mass is 32.2. The molecule has 0 amide bonds. The van der Waals surface area contributed by atoms with Crippen LogP contribution in [-0.4, -0.2) is 19.9 Å². The van der Waals surface area contributed by atoms with Crippen molar-refractivity contribution >= 4 is 32.7 Å². The number of thiophene rings is 1. The second-order valence-electron chi connectivity index (χ2n) is 4.97. The van der Waals surface area contributed by atoms with Gasteiger partial charge in [-0.1, -0.05) is 6.07 Å². The van der Waals surface area contributed by atoms with E-state index in [1.807, 2.05) is 16.3 Å². The van der Waals surface area contributed by atoms with Crippen molar-refractivity contribution in [1.29, 1.82) is 0 Å². The summed E-state index contributed by atoms with van der Waals surface area (Å²) in [6.07, 6.45) is 0.782. The van der Waals surface area contributed by atoms with Crippen molar-refractivity contribution in [3.63, 3.8) is 0 Å². The molecule has 2 aromatic rings. The molecule has 3 rings (SSSR count). The van der Waals surface area contributed by atoms with Gasteiger partial charge in [0.05, 0.1) is 4.92 Å². The third kappa shape index (κ3) is 2.58. The number of nitro benzene ring substituents is 1. The van der Waals surface area contributed by atoms with Crippen molar-refractivity contribution < 1.29 is 13.3 Å². The standard InChI is InChI=1S/C13H13N3O4S2/c14-22(19,20)12-3-1-2-10(13(12)16(17)18)15-6-4-11-9(8-15)5-7-21-11/h1-3,5,7H,4,6,8H2,(H2,14,19,20). The van der Waals surface area contributed by atoms with E-state index in [2.05, 4.69) is 0 Å². The van der Waals surface area contributed by atoms with Crippen LogP contribution in [0.4, 0.5) is 11.4 Å². The Bertz CT molecular complexity index is 845. The Hall–Kier alpha value is -1.97.